The molecule has 150 valence electrons. The molecule has 6 nitrogen and oxygen atoms in total. The number of fused-ring (bicyclic) bond motifs is 1. The number of pyridine rings is 1. The van der Waals surface area contributed by atoms with Gasteiger partial charge in [0.25, 0.3) is 5.91 Å². The minimum atomic E-state index is -4.40. The first-order valence-electron chi connectivity index (χ1n) is 9.46. The van der Waals surface area contributed by atoms with Crippen LogP contribution in [0.25, 0.3) is 0 Å². The van der Waals surface area contributed by atoms with Crippen LogP contribution < -0.4 is 10.2 Å². The van der Waals surface area contributed by atoms with Crippen LogP contribution in [0.3, 0.4) is 0 Å². The van der Waals surface area contributed by atoms with Crippen molar-refractivity contribution in [3.8, 4) is 0 Å². The second-order valence-corrected chi connectivity index (χ2v) is 7.42. The molecule has 28 heavy (non-hydrogen) atoms. The fourth-order valence-corrected chi connectivity index (χ4v) is 3.99. The van der Waals surface area contributed by atoms with Crippen molar-refractivity contribution in [1.29, 1.82) is 0 Å². The molecule has 1 N–H and O–H groups in total. The SMILES string of the molecule is Cn1c(C(=O)NC2CCCC2)nc2c1CCN(c1ccc(C(F)(F)F)cn1)C2. The Kier molecular flexibility index (Phi) is 4.76. The highest BCUT2D eigenvalue weighted by Gasteiger charge is 2.32. The van der Waals surface area contributed by atoms with Crippen LogP contribution in [-0.2, 0) is 26.2 Å². The van der Waals surface area contributed by atoms with E-state index in [0.717, 1.165) is 49.3 Å². The highest BCUT2D eigenvalue weighted by Crippen LogP contribution is 2.30. The van der Waals surface area contributed by atoms with Gasteiger partial charge in [-0.25, -0.2) is 9.97 Å². The monoisotopic (exact) mass is 393 g/mol. The van der Waals surface area contributed by atoms with Crippen LogP contribution in [0.15, 0.2) is 18.3 Å². The Labute approximate surface area is 160 Å². The molecule has 9 heteroatoms. The zero-order valence-electron chi connectivity index (χ0n) is 15.6. The van der Waals surface area contributed by atoms with Crippen LogP contribution in [0.2, 0.25) is 0 Å². The van der Waals surface area contributed by atoms with E-state index in [2.05, 4.69) is 15.3 Å². The average molecular weight is 393 g/mol. The molecule has 0 aromatic carbocycles. The van der Waals surface area contributed by atoms with Gasteiger partial charge in [-0.05, 0) is 25.0 Å². The van der Waals surface area contributed by atoms with Gasteiger partial charge in [-0.2, -0.15) is 13.2 Å². The number of imidazole rings is 1. The molecular formula is C19H22F3N5O. The maximum atomic E-state index is 12.7. The first kappa shape index (κ1) is 18.8. The quantitative estimate of drug-likeness (QED) is 0.871. The Bertz CT molecular complexity index is 869. The van der Waals surface area contributed by atoms with E-state index >= 15 is 0 Å². The number of hydrogen-bond acceptors (Lipinski definition) is 4. The Morgan fingerprint density at radius 1 is 1.25 bits per heavy atom. The summed E-state index contributed by atoms with van der Waals surface area (Å²) in [5, 5.41) is 3.05. The number of hydrogen-bond donors (Lipinski definition) is 1. The lowest BCUT2D eigenvalue weighted by molar-refractivity contribution is -0.137. The summed E-state index contributed by atoms with van der Waals surface area (Å²) < 4.78 is 40.0. The number of amides is 1. The van der Waals surface area contributed by atoms with E-state index in [1.54, 1.807) is 0 Å². The first-order chi connectivity index (χ1) is 13.3. The van der Waals surface area contributed by atoms with E-state index in [1.807, 2.05) is 16.5 Å². The number of alkyl halides is 3. The maximum absolute atomic E-state index is 12.7. The highest BCUT2D eigenvalue weighted by atomic mass is 19.4. The molecule has 4 rings (SSSR count). The number of aromatic nitrogens is 3. The second-order valence-electron chi connectivity index (χ2n) is 7.42. The molecule has 1 aliphatic heterocycles. The number of rotatable bonds is 3. The lowest BCUT2D eigenvalue weighted by atomic mass is 10.1. The fourth-order valence-electron chi connectivity index (χ4n) is 3.99. The molecule has 2 aromatic heterocycles. The van der Waals surface area contributed by atoms with Crippen LogP contribution in [0.1, 0.15) is 53.3 Å². The van der Waals surface area contributed by atoms with Crippen molar-refractivity contribution >= 4 is 11.7 Å². The van der Waals surface area contributed by atoms with Crippen molar-refractivity contribution < 1.29 is 18.0 Å². The van der Waals surface area contributed by atoms with Crippen molar-refractivity contribution in [3.63, 3.8) is 0 Å². The summed E-state index contributed by atoms with van der Waals surface area (Å²) >= 11 is 0. The Balaban J connectivity index is 1.50. The molecule has 0 unspecified atom stereocenters. The second kappa shape index (κ2) is 7.10. The molecule has 0 radical (unpaired) electrons. The van der Waals surface area contributed by atoms with Crippen molar-refractivity contribution in [3.05, 3.63) is 41.1 Å². The standard InChI is InChI=1S/C19H22F3N5O/c1-26-15-8-9-27(16-7-6-12(10-23-16)19(20,21)22)11-14(15)25-17(26)18(28)24-13-4-2-3-5-13/h6-7,10,13H,2-5,8-9,11H2,1H3,(H,24,28). The smallest absolute Gasteiger partial charge is 0.350 e. The van der Waals surface area contributed by atoms with Crippen LogP contribution in [0.5, 0.6) is 0 Å². The van der Waals surface area contributed by atoms with Gasteiger partial charge in [0.05, 0.1) is 17.8 Å². The van der Waals surface area contributed by atoms with E-state index < -0.39 is 11.7 Å². The molecule has 1 amide bonds. The molecule has 2 aromatic rings. The number of anilines is 1. The molecule has 2 aliphatic rings. The highest BCUT2D eigenvalue weighted by molar-refractivity contribution is 5.91. The van der Waals surface area contributed by atoms with Gasteiger partial charge in [-0.3, -0.25) is 4.79 Å². The number of halogens is 3. The summed E-state index contributed by atoms with van der Waals surface area (Å²) in [6.45, 7) is 1.02. The van der Waals surface area contributed by atoms with Gasteiger partial charge in [0.2, 0.25) is 0 Å². The lowest BCUT2D eigenvalue weighted by Gasteiger charge is -2.27. The van der Waals surface area contributed by atoms with E-state index in [-0.39, 0.29) is 11.9 Å². The number of nitrogens with zero attached hydrogens (tertiary/aromatic N) is 4. The first-order valence-corrected chi connectivity index (χ1v) is 9.46. The lowest BCUT2D eigenvalue weighted by Crippen LogP contribution is -2.34. The summed E-state index contributed by atoms with van der Waals surface area (Å²) in [5.41, 5.74) is 0.990. The molecule has 0 saturated heterocycles. The Morgan fingerprint density at radius 3 is 2.64 bits per heavy atom. The zero-order valence-corrected chi connectivity index (χ0v) is 15.6. The molecule has 0 atom stereocenters. The Hall–Kier alpha value is -2.58. The number of carbonyl (C=O) groups is 1. The summed E-state index contributed by atoms with van der Waals surface area (Å²) in [7, 11) is 1.83. The summed E-state index contributed by atoms with van der Waals surface area (Å²) in [6, 6.07) is 2.63. The molecule has 1 fully saturated rings. The number of nitrogens with one attached hydrogen (secondary N) is 1. The summed E-state index contributed by atoms with van der Waals surface area (Å²) in [6.07, 6.45) is 1.38. The van der Waals surface area contributed by atoms with Crippen molar-refractivity contribution in [1.82, 2.24) is 19.9 Å². The normalized spacial score (nSPS) is 17.6. The van der Waals surface area contributed by atoms with Gasteiger partial charge in [0, 0.05) is 37.9 Å². The van der Waals surface area contributed by atoms with Gasteiger partial charge in [-0.15, -0.1) is 0 Å². The topological polar surface area (TPSA) is 63.1 Å². The number of carbonyl (C=O) groups excluding carboxylic acids is 1. The van der Waals surface area contributed by atoms with E-state index in [1.165, 1.54) is 6.07 Å². The third kappa shape index (κ3) is 3.57. The van der Waals surface area contributed by atoms with Crippen LogP contribution in [0, 0.1) is 0 Å². The molecule has 1 aliphatic carbocycles. The summed E-state index contributed by atoms with van der Waals surface area (Å²) in [4.78, 5) is 23.0. The maximum Gasteiger partial charge on any atom is 0.417 e. The molecule has 0 spiro atoms. The minimum Gasteiger partial charge on any atom is -0.350 e. The van der Waals surface area contributed by atoms with Gasteiger partial charge < -0.3 is 14.8 Å². The van der Waals surface area contributed by atoms with Crippen LogP contribution >= 0.6 is 0 Å². The van der Waals surface area contributed by atoms with E-state index in [0.29, 0.717) is 31.2 Å². The van der Waals surface area contributed by atoms with Crippen LogP contribution in [-0.4, -0.2) is 33.0 Å². The fraction of sp³-hybridized carbons (Fsp3) is 0.526. The van der Waals surface area contributed by atoms with Crippen LogP contribution in [0.4, 0.5) is 19.0 Å². The average Bonchev–Trinajstić information content (AvgIpc) is 3.29. The zero-order chi connectivity index (χ0) is 19.9. The minimum absolute atomic E-state index is 0.164. The van der Waals surface area contributed by atoms with Gasteiger partial charge in [-0.1, -0.05) is 12.8 Å². The predicted molar refractivity (Wildman–Crippen MR) is 96.9 cm³/mol. The Morgan fingerprint density at radius 2 is 2.00 bits per heavy atom. The van der Waals surface area contributed by atoms with Crippen molar-refractivity contribution in [2.24, 2.45) is 7.05 Å². The predicted octanol–water partition coefficient (Wildman–Crippen LogP) is 3.07. The molecular weight excluding hydrogens is 371 g/mol. The summed E-state index contributed by atoms with van der Waals surface area (Å²) in [5.74, 6) is 0.698. The van der Waals surface area contributed by atoms with Crippen molar-refractivity contribution in [2.45, 2.75) is 50.9 Å². The van der Waals surface area contributed by atoms with Gasteiger partial charge in [0.15, 0.2) is 5.82 Å². The largest absolute Gasteiger partial charge is 0.417 e. The molecule has 3 heterocycles. The molecule has 1 saturated carbocycles. The van der Waals surface area contributed by atoms with Gasteiger partial charge >= 0.3 is 6.18 Å². The third-order valence-electron chi connectivity index (χ3n) is 5.55. The van der Waals surface area contributed by atoms with E-state index in [4.69, 9.17) is 0 Å². The third-order valence-corrected chi connectivity index (χ3v) is 5.55. The van der Waals surface area contributed by atoms with E-state index in [9.17, 15) is 18.0 Å². The van der Waals surface area contributed by atoms with Crippen molar-refractivity contribution in [2.75, 3.05) is 11.4 Å². The van der Waals surface area contributed by atoms with Gasteiger partial charge in [0.1, 0.15) is 5.82 Å². The molecule has 0 bridgehead atoms.